The molecule has 0 aliphatic rings. The summed E-state index contributed by atoms with van der Waals surface area (Å²) in [6.07, 6.45) is 1.94. The molecule has 92 valence electrons. The molecule has 0 amide bonds. The molecule has 0 aliphatic heterocycles. The van der Waals surface area contributed by atoms with Crippen LogP contribution in [0.25, 0.3) is 0 Å². The fraction of sp³-hybridized carbons (Fsp3) is 0.750. The van der Waals surface area contributed by atoms with Gasteiger partial charge >= 0.3 is 0 Å². The van der Waals surface area contributed by atoms with Crippen LogP contribution in [0.15, 0.2) is 6.20 Å². The molecule has 3 nitrogen and oxygen atoms in total. The summed E-state index contributed by atoms with van der Waals surface area (Å²) < 4.78 is 5.36. The lowest BCUT2D eigenvalue weighted by molar-refractivity contribution is 0.127. The molecular weight excluding hydrogens is 220 g/mol. The Morgan fingerprint density at radius 1 is 1.50 bits per heavy atom. The van der Waals surface area contributed by atoms with E-state index >= 15 is 0 Å². The monoisotopic (exact) mass is 242 g/mol. The maximum atomic E-state index is 5.36. The molecule has 4 heteroatoms. The van der Waals surface area contributed by atoms with Gasteiger partial charge < -0.3 is 10.1 Å². The van der Waals surface area contributed by atoms with Crippen molar-refractivity contribution in [2.45, 2.75) is 39.7 Å². The summed E-state index contributed by atoms with van der Waals surface area (Å²) in [6.45, 7) is 11.0. The van der Waals surface area contributed by atoms with Crippen LogP contribution in [0.5, 0.6) is 0 Å². The van der Waals surface area contributed by atoms with Crippen LogP contribution in [-0.2, 0) is 4.74 Å². The molecule has 0 aromatic carbocycles. The molecule has 0 radical (unpaired) electrons. The van der Waals surface area contributed by atoms with Gasteiger partial charge in [-0.3, -0.25) is 0 Å². The zero-order valence-corrected chi connectivity index (χ0v) is 11.4. The van der Waals surface area contributed by atoms with Crippen molar-refractivity contribution in [2.75, 3.05) is 19.8 Å². The van der Waals surface area contributed by atoms with Gasteiger partial charge in [0.25, 0.3) is 0 Å². The number of hydrogen-bond donors (Lipinski definition) is 1. The molecule has 0 saturated carbocycles. The number of nitrogens with zero attached hydrogens (tertiary/aromatic N) is 1. The molecule has 16 heavy (non-hydrogen) atoms. The Balaban J connectivity index is 2.27. The van der Waals surface area contributed by atoms with Crippen LogP contribution >= 0.6 is 11.3 Å². The number of aryl methyl sites for hydroxylation is 1. The second-order valence-corrected chi connectivity index (χ2v) is 5.45. The molecule has 0 aliphatic carbocycles. The van der Waals surface area contributed by atoms with E-state index in [0.29, 0.717) is 12.0 Å². The summed E-state index contributed by atoms with van der Waals surface area (Å²) in [7, 11) is 0. The van der Waals surface area contributed by atoms with Crippen LogP contribution in [-0.4, -0.2) is 30.8 Å². The number of thiazole rings is 1. The Hall–Kier alpha value is -0.450. The standard InChI is InChI=1S/C12H22N2OS/c1-5-15-8-10(3)13-6-9(2)12-14-7-11(4)16-12/h7,9-10,13H,5-6,8H2,1-4H3. The maximum absolute atomic E-state index is 5.36. The first-order valence-corrected chi connectivity index (χ1v) is 6.68. The van der Waals surface area contributed by atoms with Crippen molar-refractivity contribution in [3.8, 4) is 0 Å². The Morgan fingerprint density at radius 2 is 2.25 bits per heavy atom. The van der Waals surface area contributed by atoms with Crippen LogP contribution < -0.4 is 5.32 Å². The lowest BCUT2D eigenvalue weighted by atomic mass is 10.2. The van der Waals surface area contributed by atoms with Gasteiger partial charge in [0.2, 0.25) is 0 Å². The van der Waals surface area contributed by atoms with Gasteiger partial charge in [0.15, 0.2) is 0 Å². The fourth-order valence-electron chi connectivity index (χ4n) is 1.42. The molecule has 0 bridgehead atoms. The van der Waals surface area contributed by atoms with Crippen molar-refractivity contribution < 1.29 is 4.74 Å². The van der Waals surface area contributed by atoms with E-state index in [1.165, 1.54) is 9.88 Å². The number of hydrogen-bond acceptors (Lipinski definition) is 4. The summed E-state index contributed by atoms with van der Waals surface area (Å²) >= 11 is 1.78. The number of ether oxygens (including phenoxy) is 1. The van der Waals surface area contributed by atoms with E-state index in [0.717, 1.165) is 19.8 Å². The van der Waals surface area contributed by atoms with Gasteiger partial charge in [0.1, 0.15) is 0 Å². The fourth-order valence-corrected chi connectivity index (χ4v) is 2.24. The van der Waals surface area contributed by atoms with E-state index in [1.807, 2.05) is 13.1 Å². The smallest absolute Gasteiger partial charge is 0.0968 e. The molecule has 0 spiro atoms. The predicted molar refractivity (Wildman–Crippen MR) is 69.2 cm³/mol. The summed E-state index contributed by atoms with van der Waals surface area (Å²) in [5.41, 5.74) is 0. The minimum atomic E-state index is 0.406. The second kappa shape index (κ2) is 6.99. The zero-order chi connectivity index (χ0) is 12.0. The molecule has 1 aromatic heterocycles. The minimum Gasteiger partial charge on any atom is -0.380 e. The molecule has 1 N–H and O–H groups in total. The topological polar surface area (TPSA) is 34.1 Å². The number of rotatable bonds is 7. The van der Waals surface area contributed by atoms with Gasteiger partial charge in [-0.15, -0.1) is 11.3 Å². The molecule has 1 heterocycles. The number of aromatic nitrogens is 1. The minimum absolute atomic E-state index is 0.406. The highest BCUT2D eigenvalue weighted by molar-refractivity contribution is 7.11. The van der Waals surface area contributed by atoms with Gasteiger partial charge in [-0.05, 0) is 20.8 Å². The predicted octanol–water partition coefficient (Wildman–Crippen LogP) is 2.57. The van der Waals surface area contributed by atoms with Crippen LogP contribution in [0.4, 0.5) is 0 Å². The van der Waals surface area contributed by atoms with E-state index in [9.17, 15) is 0 Å². The third kappa shape index (κ3) is 4.60. The summed E-state index contributed by atoms with van der Waals surface area (Å²) in [4.78, 5) is 5.68. The van der Waals surface area contributed by atoms with Crippen LogP contribution in [0.3, 0.4) is 0 Å². The highest BCUT2D eigenvalue weighted by Crippen LogP contribution is 2.20. The van der Waals surface area contributed by atoms with Gasteiger partial charge in [0, 0.05) is 36.2 Å². The maximum Gasteiger partial charge on any atom is 0.0968 e. The summed E-state index contributed by atoms with van der Waals surface area (Å²) in [6, 6.07) is 0.406. The molecule has 1 aromatic rings. The molecule has 0 saturated heterocycles. The Labute approximate surface area is 102 Å². The first kappa shape index (κ1) is 13.6. The van der Waals surface area contributed by atoms with E-state index in [-0.39, 0.29) is 0 Å². The van der Waals surface area contributed by atoms with Gasteiger partial charge in [-0.25, -0.2) is 4.98 Å². The third-order valence-corrected chi connectivity index (χ3v) is 3.55. The van der Waals surface area contributed by atoms with Crippen LogP contribution in [0, 0.1) is 6.92 Å². The van der Waals surface area contributed by atoms with Crippen molar-refractivity contribution in [3.05, 3.63) is 16.1 Å². The van der Waals surface area contributed by atoms with Gasteiger partial charge in [-0.1, -0.05) is 6.92 Å². The van der Waals surface area contributed by atoms with Crippen molar-refractivity contribution in [1.29, 1.82) is 0 Å². The second-order valence-electron chi connectivity index (χ2n) is 4.18. The van der Waals surface area contributed by atoms with E-state index in [4.69, 9.17) is 4.74 Å². The highest BCUT2D eigenvalue weighted by atomic mass is 32.1. The molecule has 2 unspecified atom stereocenters. The lowest BCUT2D eigenvalue weighted by Crippen LogP contribution is -2.33. The summed E-state index contributed by atoms with van der Waals surface area (Å²) in [5, 5.41) is 4.68. The summed E-state index contributed by atoms with van der Waals surface area (Å²) in [5.74, 6) is 0.475. The third-order valence-electron chi connectivity index (χ3n) is 2.41. The number of nitrogens with one attached hydrogen (secondary N) is 1. The molecule has 0 fully saturated rings. The van der Waals surface area contributed by atoms with Crippen LogP contribution in [0.2, 0.25) is 0 Å². The lowest BCUT2D eigenvalue weighted by Gasteiger charge is -2.16. The quantitative estimate of drug-likeness (QED) is 0.798. The van der Waals surface area contributed by atoms with E-state index in [1.54, 1.807) is 11.3 Å². The Bertz CT molecular complexity index is 301. The van der Waals surface area contributed by atoms with Crippen LogP contribution in [0.1, 0.15) is 36.6 Å². The highest BCUT2D eigenvalue weighted by Gasteiger charge is 2.10. The van der Waals surface area contributed by atoms with E-state index in [2.05, 4.69) is 31.1 Å². The SMILES string of the molecule is CCOCC(C)NCC(C)c1ncc(C)s1. The Morgan fingerprint density at radius 3 is 2.81 bits per heavy atom. The first-order valence-electron chi connectivity index (χ1n) is 5.87. The average Bonchev–Trinajstić information content (AvgIpc) is 2.69. The van der Waals surface area contributed by atoms with Crippen molar-refractivity contribution in [3.63, 3.8) is 0 Å². The molecular formula is C12H22N2OS. The Kier molecular flexibility index (Phi) is 5.95. The average molecular weight is 242 g/mol. The van der Waals surface area contributed by atoms with Gasteiger partial charge in [-0.2, -0.15) is 0 Å². The van der Waals surface area contributed by atoms with Crippen molar-refractivity contribution in [2.24, 2.45) is 0 Å². The molecule has 2 atom stereocenters. The van der Waals surface area contributed by atoms with E-state index < -0.39 is 0 Å². The largest absolute Gasteiger partial charge is 0.380 e. The normalized spacial score (nSPS) is 15.0. The van der Waals surface area contributed by atoms with Crippen molar-refractivity contribution >= 4 is 11.3 Å². The molecule has 1 rings (SSSR count). The van der Waals surface area contributed by atoms with Gasteiger partial charge in [0.05, 0.1) is 11.6 Å². The zero-order valence-electron chi connectivity index (χ0n) is 10.6. The van der Waals surface area contributed by atoms with Crippen molar-refractivity contribution in [1.82, 2.24) is 10.3 Å². The first-order chi connectivity index (χ1) is 7.63.